The zero-order chi connectivity index (χ0) is 23.4. The van der Waals surface area contributed by atoms with Crippen LogP contribution in [-0.2, 0) is 11.3 Å². The minimum Gasteiger partial charge on any atom is -0.345 e. The molecule has 0 aliphatic carbocycles. The maximum absolute atomic E-state index is 13.3. The number of halogens is 3. The Balaban J connectivity index is 1.53. The Labute approximate surface area is 196 Å². The number of aromatic nitrogens is 1. The smallest absolute Gasteiger partial charge is 0.345 e. The van der Waals surface area contributed by atoms with E-state index in [9.17, 15) is 22.8 Å². The number of hydrogen-bond acceptors (Lipinski definition) is 5. The molecule has 0 spiro atoms. The molecule has 1 aliphatic heterocycles. The molecule has 1 N–H and O–H groups in total. The number of amides is 2. The van der Waals surface area contributed by atoms with Crippen LogP contribution in [0.1, 0.15) is 28.2 Å². The fourth-order valence-corrected chi connectivity index (χ4v) is 5.16. The minimum atomic E-state index is -4.91. The summed E-state index contributed by atoms with van der Waals surface area (Å²) in [5, 5.41) is 5.75. The van der Waals surface area contributed by atoms with Crippen molar-refractivity contribution in [1.82, 2.24) is 14.8 Å². The van der Waals surface area contributed by atoms with Crippen LogP contribution in [-0.4, -0.2) is 46.6 Å². The Morgan fingerprint density at radius 3 is 2.42 bits per heavy atom. The van der Waals surface area contributed by atoms with Gasteiger partial charge in [0.1, 0.15) is 5.69 Å². The van der Waals surface area contributed by atoms with Crippen LogP contribution in [0.4, 0.5) is 18.9 Å². The normalized spacial score (nSPS) is 15.6. The SMILES string of the molecule is O=C(c1csc(=Nc2ccccc2)n1Cc1cccs1)N1CCC(NC(=O)C(F)(F)F)CC1. The molecule has 6 nitrogen and oxygen atoms in total. The highest BCUT2D eigenvalue weighted by atomic mass is 32.1. The van der Waals surface area contributed by atoms with Gasteiger partial charge in [0.25, 0.3) is 5.91 Å². The number of piperidine rings is 1. The number of benzene rings is 1. The van der Waals surface area contributed by atoms with E-state index in [1.54, 1.807) is 21.6 Å². The average molecular weight is 495 g/mol. The van der Waals surface area contributed by atoms with E-state index in [2.05, 4.69) is 0 Å². The van der Waals surface area contributed by atoms with Crippen LogP contribution in [0.2, 0.25) is 0 Å². The lowest BCUT2D eigenvalue weighted by atomic mass is 10.0. The van der Waals surface area contributed by atoms with Crippen LogP contribution >= 0.6 is 22.7 Å². The van der Waals surface area contributed by atoms with Gasteiger partial charge in [0.15, 0.2) is 4.80 Å². The maximum atomic E-state index is 13.3. The summed E-state index contributed by atoms with van der Waals surface area (Å²) >= 11 is 2.95. The van der Waals surface area contributed by atoms with Gasteiger partial charge in [-0.15, -0.1) is 22.7 Å². The minimum absolute atomic E-state index is 0.196. The van der Waals surface area contributed by atoms with Gasteiger partial charge in [0, 0.05) is 29.4 Å². The largest absolute Gasteiger partial charge is 0.471 e. The van der Waals surface area contributed by atoms with E-state index in [4.69, 9.17) is 4.99 Å². The third-order valence-corrected chi connectivity index (χ3v) is 6.99. The number of nitrogens with one attached hydrogen (secondary N) is 1. The molecule has 0 unspecified atom stereocenters. The lowest BCUT2D eigenvalue weighted by Gasteiger charge is -2.32. The molecular formula is C22H21F3N4O2S2. The first-order chi connectivity index (χ1) is 15.8. The predicted octanol–water partition coefficient (Wildman–Crippen LogP) is 4.17. The molecule has 0 bridgehead atoms. The Morgan fingerprint density at radius 2 is 1.79 bits per heavy atom. The van der Waals surface area contributed by atoms with E-state index in [0.717, 1.165) is 10.6 Å². The van der Waals surface area contributed by atoms with E-state index in [0.29, 0.717) is 17.0 Å². The molecule has 33 heavy (non-hydrogen) atoms. The number of likely N-dealkylation sites (tertiary alicyclic amines) is 1. The summed E-state index contributed by atoms with van der Waals surface area (Å²) in [6, 6.07) is 12.8. The first kappa shape index (κ1) is 23.2. The van der Waals surface area contributed by atoms with E-state index >= 15 is 0 Å². The fraction of sp³-hybridized carbons (Fsp3) is 0.318. The topological polar surface area (TPSA) is 66.7 Å². The number of thiophene rings is 1. The first-order valence-corrected chi connectivity index (χ1v) is 12.0. The van der Waals surface area contributed by atoms with Crippen LogP contribution in [0.15, 0.2) is 58.2 Å². The van der Waals surface area contributed by atoms with E-state index in [1.807, 2.05) is 57.7 Å². The van der Waals surface area contributed by atoms with E-state index < -0.39 is 18.1 Å². The molecule has 3 aromatic rings. The van der Waals surface area contributed by atoms with Gasteiger partial charge in [-0.25, -0.2) is 4.99 Å². The average Bonchev–Trinajstić information content (AvgIpc) is 3.45. The number of carbonyl (C=O) groups excluding carboxylic acids is 2. The molecule has 0 saturated carbocycles. The molecule has 2 amide bonds. The standard InChI is InChI=1S/C22H21F3N4O2S2/c23-22(24,25)20(31)26-16-8-10-28(11-9-16)19(30)18-14-33-21(27-15-5-2-1-3-6-15)29(18)13-17-7-4-12-32-17/h1-7,12,14,16H,8-11,13H2,(H,26,31). The van der Waals surface area contributed by atoms with Crippen molar-refractivity contribution in [3.05, 3.63) is 68.6 Å². The quantitative estimate of drug-likeness (QED) is 0.579. The van der Waals surface area contributed by atoms with E-state index in [-0.39, 0.29) is 31.8 Å². The summed E-state index contributed by atoms with van der Waals surface area (Å²) in [6.07, 6.45) is -4.37. The number of para-hydroxylation sites is 1. The second kappa shape index (κ2) is 9.92. The number of hydrogen-bond donors (Lipinski definition) is 1. The monoisotopic (exact) mass is 494 g/mol. The summed E-state index contributed by atoms with van der Waals surface area (Å²) < 4.78 is 39.4. The first-order valence-electron chi connectivity index (χ1n) is 10.3. The van der Waals surface area contributed by atoms with Gasteiger partial charge in [0.2, 0.25) is 0 Å². The van der Waals surface area contributed by atoms with Gasteiger partial charge in [-0.2, -0.15) is 13.2 Å². The van der Waals surface area contributed by atoms with Gasteiger partial charge in [-0.3, -0.25) is 9.59 Å². The summed E-state index contributed by atoms with van der Waals surface area (Å²) in [6.45, 7) is 1.02. The molecule has 1 fully saturated rings. The molecule has 3 heterocycles. The molecule has 11 heteroatoms. The van der Waals surface area contributed by atoms with Crippen LogP contribution in [0.3, 0.4) is 0 Å². The van der Waals surface area contributed by atoms with Crippen molar-refractivity contribution in [1.29, 1.82) is 0 Å². The zero-order valence-corrected chi connectivity index (χ0v) is 19.1. The fourth-order valence-electron chi connectivity index (χ4n) is 3.57. The van der Waals surface area contributed by atoms with Crippen molar-refractivity contribution in [2.75, 3.05) is 13.1 Å². The Bertz CT molecular complexity index is 1160. The molecule has 4 rings (SSSR count). The van der Waals surface area contributed by atoms with Crippen molar-refractivity contribution in [3.63, 3.8) is 0 Å². The van der Waals surface area contributed by atoms with Crippen molar-refractivity contribution >= 4 is 40.2 Å². The highest BCUT2D eigenvalue weighted by Crippen LogP contribution is 2.20. The maximum Gasteiger partial charge on any atom is 0.471 e. The molecule has 1 saturated heterocycles. The Hall–Kier alpha value is -2.92. The zero-order valence-electron chi connectivity index (χ0n) is 17.4. The molecule has 0 radical (unpaired) electrons. The predicted molar refractivity (Wildman–Crippen MR) is 121 cm³/mol. The number of rotatable bonds is 5. The number of alkyl halides is 3. The summed E-state index contributed by atoms with van der Waals surface area (Å²) in [4.78, 5) is 32.6. The lowest BCUT2D eigenvalue weighted by molar-refractivity contribution is -0.174. The van der Waals surface area contributed by atoms with Gasteiger partial charge in [-0.1, -0.05) is 24.3 Å². The molecular weight excluding hydrogens is 473 g/mol. The third kappa shape index (κ3) is 5.72. The second-order valence-corrected chi connectivity index (χ2v) is 9.42. The van der Waals surface area contributed by atoms with Crippen LogP contribution in [0.25, 0.3) is 0 Å². The van der Waals surface area contributed by atoms with Gasteiger partial charge in [-0.05, 0) is 36.4 Å². The van der Waals surface area contributed by atoms with Gasteiger partial charge in [0.05, 0.1) is 12.2 Å². The highest BCUT2D eigenvalue weighted by Gasteiger charge is 2.40. The summed E-state index contributed by atoms with van der Waals surface area (Å²) in [5.74, 6) is -2.14. The van der Waals surface area contributed by atoms with Crippen molar-refractivity contribution < 1.29 is 22.8 Å². The van der Waals surface area contributed by atoms with Crippen LogP contribution < -0.4 is 10.1 Å². The third-order valence-electron chi connectivity index (χ3n) is 5.27. The van der Waals surface area contributed by atoms with Gasteiger partial charge >= 0.3 is 12.1 Å². The second-order valence-electron chi connectivity index (χ2n) is 7.55. The number of carbonyl (C=O) groups is 2. The van der Waals surface area contributed by atoms with Crippen molar-refractivity contribution in [3.8, 4) is 0 Å². The lowest BCUT2D eigenvalue weighted by Crippen LogP contribution is -2.49. The number of nitrogens with zero attached hydrogens (tertiary/aromatic N) is 3. The molecule has 0 atom stereocenters. The molecule has 1 aliphatic rings. The van der Waals surface area contributed by atoms with Crippen LogP contribution in [0.5, 0.6) is 0 Å². The highest BCUT2D eigenvalue weighted by molar-refractivity contribution is 7.10. The molecule has 2 aromatic heterocycles. The van der Waals surface area contributed by atoms with Gasteiger partial charge < -0.3 is 14.8 Å². The Kier molecular flexibility index (Phi) is 6.99. The molecule has 1 aromatic carbocycles. The Morgan fingerprint density at radius 1 is 1.06 bits per heavy atom. The van der Waals surface area contributed by atoms with Crippen molar-refractivity contribution in [2.45, 2.75) is 31.6 Å². The number of thiazole rings is 1. The van der Waals surface area contributed by atoms with Crippen molar-refractivity contribution in [2.24, 2.45) is 4.99 Å². The van der Waals surface area contributed by atoms with Crippen LogP contribution in [0, 0.1) is 0 Å². The molecule has 174 valence electrons. The summed E-state index contributed by atoms with van der Waals surface area (Å²) in [5.41, 5.74) is 1.26. The summed E-state index contributed by atoms with van der Waals surface area (Å²) in [7, 11) is 0. The van der Waals surface area contributed by atoms with E-state index in [1.165, 1.54) is 11.3 Å².